The minimum Gasteiger partial charge on any atom is -0.252 e. The van der Waals surface area contributed by atoms with Crippen LogP contribution >= 0.6 is 11.3 Å². The molecule has 0 amide bonds. The van der Waals surface area contributed by atoms with E-state index in [1.54, 1.807) is 0 Å². The summed E-state index contributed by atoms with van der Waals surface area (Å²) in [4.78, 5) is 4.44. The largest absolute Gasteiger partial charge is 0.252 e. The number of para-hydroxylation sites is 1. The molecule has 1 heterocycles. The summed E-state index contributed by atoms with van der Waals surface area (Å²) >= 11 is 1.52. The van der Waals surface area contributed by atoms with Crippen molar-refractivity contribution in [2.45, 2.75) is 17.0 Å². The van der Waals surface area contributed by atoms with E-state index in [1.807, 2.05) is 55.5 Å². The zero-order chi connectivity index (χ0) is 13.2. The second kappa shape index (κ2) is 5.23. The van der Waals surface area contributed by atoms with Gasteiger partial charge in [-0.3, -0.25) is 4.21 Å². The van der Waals surface area contributed by atoms with E-state index in [1.165, 1.54) is 16.9 Å². The first-order chi connectivity index (χ1) is 9.22. The quantitative estimate of drug-likeness (QED) is 0.731. The highest BCUT2D eigenvalue weighted by Crippen LogP contribution is 2.25. The lowest BCUT2D eigenvalue weighted by Crippen LogP contribution is -1.95. The molecule has 96 valence electrons. The topological polar surface area (TPSA) is 30.0 Å². The van der Waals surface area contributed by atoms with E-state index < -0.39 is 10.8 Å². The van der Waals surface area contributed by atoms with Crippen LogP contribution in [0.5, 0.6) is 0 Å². The van der Waals surface area contributed by atoms with E-state index in [0.29, 0.717) is 10.1 Å². The van der Waals surface area contributed by atoms with Gasteiger partial charge in [0.15, 0.2) is 4.34 Å². The number of aromatic nitrogens is 1. The van der Waals surface area contributed by atoms with Crippen molar-refractivity contribution in [3.8, 4) is 0 Å². The summed E-state index contributed by atoms with van der Waals surface area (Å²) in [5, 5.41) is 0. The van der Waals surface area contributed by atoms with Gasteiger partial charge in [0.25, 0.3) is 0 Å². The van der Waals surface area contributed by atoms with Crippen LogP contribution in [0, 0.1) is 6.92 Å². The van der Waals surface area contributed by atoms with Crippen molar-refractivity contribution in [3.63, 3.8) is 0 Å². The molecule has 0 aliphatic rings. The number of nitrogens with zero attached hydrogens (tertiary/aromatic N) is 1. The first kappa shape index (κ1) is 12.5. The Morgan fingerprint density at radius 3 is 2.58 bits per heavy atom. The highest BCUT2D eigenvalue weighted by Gasteiger charge is 2.11. The van der Waals surface area contributed by atoms with Gasteiger partial charge in [-0.1, -0.05) is 42.0 Å². The highest BCUT2D eigenvalue weighted by atomic mass is 32.2. The molecule has 4 heteroatoms. The number of benzene rings is 2. The molecule has 0 saturated heterocycles. The first-order valence-electron chi connectivity index (χ1n) is 6.02. The van der Waals surface area contributed by atoms with Crippen LogP contribution in [0.1, 0.15) is 11.1 Å². The van der Waals surface area contributed by atoms with Gasteiger partial charge in [-0.15, -0.1) is 11.3 Å². The first-order valence-corrected chi connectivity index (χ1v) is 8.15. The van der Waals surface area contributed by atoms with Crippen LogP contribution in [0.4, 0.5) is 0 Å². The van der Waals surface area contributed by atoms with Crippen LogP contribution in [0.15, 0.2) is 52.9 Å². The average Bonchev–Trinajstić information content (AvgIpc) is 2.85. The second-order valence-electron chi connectivity index (χ2n) is 4.42. The minimum atomic E-state index is -1.07. The number of hydrogen-bond donors (Lipinski definition) is 0. The summed E-state index contributed by atoms with van der Waals surface area (Å²) in [5.74, 6) is 0.528. The van der Waals surface area contributed by atoms with Gasteiger partial charge in [0.2, 0.25) is 0 Å². The lowest BCUT2D eigenvalue weighted by atomic mass is 10.2. The lowest BCUT2D eigenvalue weighted by molar-refractivity contribution is 0.682. The van der Waals surface area contributed by atoms with E-state index in [4.69, 9.17) is 0 Å². The molecule has 3 aromatic rings. The molecule has 0 aliphatic carbocycles. The van der Waals surface area contributed by atoms with Crippen LogP contribution in [0.3, 0.4) is 0 Å². The number of hydrogen-bond acceptors (Lipinski definition) is 3. The molecular weight excluding hydrogens is 274 g/mol. The summed E-state index contributed by atoms with van der Waals surface area (Å²) in [6.07, 6.45) is 0. The maximum Gasteiger partial charge on any atom is 0.182 e. The monoisotopic (exact) mass is 287 g/mol. The highest BCUT2D eigenvalue weighted by molar-refractivity contribution is 7.86. The van der Waals surface area contributed by atoms with Gasteiger partial charge in [-0.05, 0) is 24.6 Å². The molecule has 2 nitrogen and oxygen atoms in total. The molecular formula is C15H13NOS2. The van der Waals surface area contributed by atoms with E-state index in [2.05, 4.69) is 4.98 Å². The number of rotatable bonds is 3. The molecule has 1 atom stereocenters. The fraction of sp³-hybridized carbons (Fsp3) is 0.133. The minimum absolute atomic E-state index is 0.528. The Bertz CT molecular complexity index is 698. The van der Waals surface area contributed by atoms with Crippen molar-refractivity contribution >= 4 is 32.4 Å². The van der Waals surface area contributed by atoms with Gasteiger partial charge >= 0.3 is 0 Å². The van der Waals surface area contributed by atoms with Crippen LogP contribution in [-0.4, -0.2) is 9.19 Å². The lowest BCUT2D eigenvalue weighted by Gasteiger charge is -2.00. The Morgan fingerprint density at radius 1 is 1.11 bits per heavy atom. The van der Waals surface area contributed by atoms with Crippen molar-refractivity contribution < 1.29 is 4.21 Å². The third kappa shape index (κ3) is 2.74. The normalized spacial score (nSPS) is 12.7. The van der Waals surface area contributed by atoms with Crippen LogP contribution in [0.2, 0.25) is 0 Å². The Kier molecular flexibility index (Phi) is 3.44. The molecule has 1 aromatic heterocycles. The average molecular weight is 287 g/mol. The van der Waals surface area contributed by atoms with Gasteiger partial charge in [-0.2, -0.15) is 0 Å². The second-order valence-corrected chi connectivity index (χ2v) is 7.08. The fourth-order valence-electron chi connectivity index (χ4n) is 1.85. The predicted octanol–water partition coefficient (Wildman–Crippen LogP) is 3.91. The van der Waals surface area contributed by atoms with Crippen molar-refractivity contribution in [3.05, 3.63) is 59.7 Å². The Balaban J connectivity index is 1.85. The molecule has 2 aromatic carbocycles. The Morgan fingerprint density at radius 2 is 1.84 bits per heavy atom. The molecule has 0 bridgehead atoms. The van der Waals surface area contributed by atoms with Gasteiger partial charge in [-0.25, -0.2) is 4.98 Å². The molecule has 0 N–H and O–H groups in total. The van der Waals surface area contributed by atoms with E-state index in [-0.39, 0.29) is 0 Å². The van der Waals surface area contributed by atoms with Crippen LogP contribution in [0.25, 0.3) is 10.2 Å². The molecule has 0 saturated carbocycles. The van der Waals surface area contributed by atoms with Crippen molar-refractivity contribution in [2.24, 2.45) is 0 Å². The number of thiazole rings is 1. The zero-order valence-electron chi connectivity index (χ0n) is 10.5. The van der Waals surface area contributed by atoms with Crippen molar-refractivity contribution in [2.75, 3.05) is 0 Å². The predicted molar refractivity (Wildman–Crippen MR) is 80.9 cm³/mol. The molecule has 3 rings (SSSR count). The van der Waals surface area contributed by atoms with Gasteiger partial charge in [0.05, 0.1) is 26.8 Å². The summed E-state index contributed by atoms with van der Waals surface area (Å²) < 4.78 is 14.1. The standard InChI is InChI=1S/C15H13NOS2/c1-11-6-8-12(9-7-11)10-19(17)15-16-13-4-2-3-5-14(13)18-15/h2-9H,10H2,1H3. The smallest absolute Gasteiger partial charge is 0.182 e. The van der Waals surface area contributed by atoms with Gasteiger partial charge in [0.1, 0.15) is 0 Å². The molecule has 1 unspecified atom stereocenters. The molecule has 0 fully saturated rings. The fourth-order valence-corrected chi connectivity index (χ4v) is 4.18. The third-order valence-corrected chi connectivity index (χ3v) is 5.60. The molecule has 0 radical (unpaired) electrons. The number of aryl methyl sites for hydroxylation is 1. The van der Waals surface area contributed by atoms with Gasteiger partial charge < -0.3 is 0 Å². The van der Waals surface area contributed by atoms with E-state index in [0.717, 1.165) is 15.8 Å². The van der Waals surface area contributed by atoms with Crippen molar-refractivity contribution in [1.29, 1.82) is 0 Å². The maximum absolute atomic E-state index is 12.3. The molecule has 0 aliphatic heterocycles. The Labute approximate surface area is 118 Å². The zero-order valence-corrected chi connectivity index (χ0v) is 12.1. The summed E-state index contributed by atoms with van der Waals surface area (Å²) in [6.45, 7) is 2.05. The van der Waals surface area contributed by atoms with E-state index in [9.17, 15) is 4.21 Å². The summed E-state index contributed by atoms with van der Waals surface area (Å²) in [7, 11) is -1.07. The summed E-state index contributed by atoms with van der Waals surface area (Å²) in [6, 6.07) is 16.1. The summed E-state index contributed by atoms with van der Waals surface area (Å²) in [5.41, 5.74) is 3.23. The maximum atomic E-state index is 12.3. The number of fused-ring (bicyclic) bond motifs is 1. The molecule has 19 heavy (non-hydrogen) atoms. The van der Waals surface area contributed by atoms with Gasteiger partial charge in [0, 0.05) is 0 Å². The Hall–Kier alpha value is -1.52. The van der Waals surface area contributed by atoms with Crippen LogP contribution in [-0.2, 0) is 16.6 Å². The third-order valence-electron chi connectivity index (χ3n) is 2.89. The van der Waals surface area contributed by atoms with Crippen LogP contribution < -0.4 is 0 Å². The molecule has 0 spiro atoms. The van der Waals surface area contributed by atoms with E-state index >= 15 is 0 Å². The SMILES string of the molecule is Cc1ccc(CS(=O)c2nc3ccccc3s2)cc1. The van der Waals surface area contributed by atoms with Crippen molar-refractivity contribution in [1.82, 2.24) is 4.98 Å².